The molecule has 0 unspecified atom stereocenters. The molecule has 3 aromatic rings. The first kappa shape index (κ1) is 21.0. The maximum absolute atomic E-state index is 12.9. The zero-order valence-electron chi connectivity index (χ0n) is 16.6. The summed E-state index contributed by atoms with van der Waals surface area (Å²) in [5.74, 6) is -0.582. The van der Waals surface area contributed by atoms with Gasteiger partial charge >= 0.3 is 0 Å². The first-order chi connectivity index (χ1) is 14.5. The number of hydrogen-bond acceptors (Lipinski definition) is 5. The van der Waals surface area contributed by atoms with Crippen molar-refractivity contribution in [2.24, 2.45) is 7.05 Å². The van der Waals surface area contributed by atoms with Crippen molar-refractivity contribution in [2.75, 3.05) is 18.5 Å². The van der Waals surface area contributed by atoms with E-state index in [0.29, 0.717) is 29.9 Å². The van der Waals surface area contributed by atoms with E-state index in [-0.39, 0.29) is 12.2 Å². The van der Waals surface area contributed by atoms with Crippen molar-refractivity contribution in [3.05, 3.63) is 87.8 Å². The molecular weight excluding hydrogens is 380 g/mol. The van der Waals surface area contributed by atoms with Gasteiger partial charge in [-0.1, -0.05) is 42.5 Å². The number of aryl methyl sites for hydroxylation is 1. The Morgan fingerprint density at radius 3 is 2.63 bits per heavy atom. The average molecular weight is 402 g/mol. The van der Waals surface area contributed by atoms with Crippen LogP contribution in [-0.4, -0.2) is 28.7 Å². The minimum absolute atomic E-state index is 0.00615. The maximum Gasteiger partial charge on any atom is 0.263 e. The first-order valence-electron chi connectivity index (χ1n) is 9.46. The van der Waals surface area contributed by atoms with Gasteiger partial charge < -0.3 is 20.3 Å². The van der Waals surface area contributed by atoms with Crippen LogP contribution in [0, 0.1) is 11.3 Å². The summed E-state index contributed by atoms with van der Waals surface area (Å²) < 4.78 is 1.34. The fourth-order valence-electron chi connectivity index (χ4n) is 3.18. The van der Waals surface area contributed by atoms with Crippen LogP contribution in [-0.2, 0) is 13.6 Å². The van der Waals surface area contributed by atoms with Gasteiger partial charge in [-0.2, -0.15) is 5.26 Å². The van der Waals surface area contributed by atoms with Gasteiger partial charge in [0.2, 0.25) is 0 Å². The van der Waals surface area contributed by atoms with Crippen LogP contribution in [0.25, 0.3) is 11.1 Å². The largest absolute Gasteiger partial charge is 0.395 e. The van der Waals surface area contributed by atoms with E-state index in [1.54, 1.807) is 25.4 Å². The van der Waals surface area contributed by atoms with Crippen molar-refractivity contribution in [1.82, 2.24) is 9.88 Å². The molecule has 7 nitrogen and oxygen atoms in total. The number of carbonyl (C=O) groups is 1. The van der Waals surface area contributed by atoms with Crippen LogP contribution < -0.4 is 16.2 Å². The zero-order chi connectivity index (χ0) is 21.5. The number of nitriles is 1. The second-order valence-corrected chi connectivity index (χ2v) is 6.74. The number of benzene rings is 2. The van der Waals surface area contributed by atoms with Gasteiger partial charge in [-0.05, 0) is 23.3 Å². The maximum atomic E-state index is 12.9. The van der Waals surface area contributed by atoms with Crippen LogP contribution in [0.1, 0.15) is 21.5 Å². The van der Waals surface area contributed by atoms with Crippen molar-refractivity contribution >= 4 is 11.6 Å². The summed E-state index contributed by atoms with van der Waals surface area (Å²) >= 11 is 0. The van der Waals surface area contributed by atoms with Gasteiger partial charge in [0.05, 0.1) is 17.9 Å². The Kier molecular flexibility index (Phi) is 6.75. The molecule has 0 fully saturated rings. The topological polar surface area (TPSA) is 107 Å². The van der Waals surface area contributed by atoms with E-state index in [1.807, 2.05) is 36.4 Å². The molecule has 3 N–H and O–H groups in total. The number of aromatic nitrogens is 1. The molecule has 2 aromatic carbocycles. The van der Waals surface area contributed by atoms with E-state index in [9.17, 15) is 14.9 Å². The molecule has 0 bridgehead atoms. The second kappa shape index (κ2) is 9.65. The Hall–Kier alpha value is -3.73. The van der Waals surface area contributed by atoms with Crippen LogP contribution in [0.2, 0.25) is 0 Å². The number of aliphatic hydroxyl groups is 1. The molecule has 7 heteroatoms. The summed E-state index contributed by atoms with van der Waals surface area (Å²) in [6.45, 7) is 0.803. The van der Waals surface area contributed by atoms with Crippen LogP contribution in [0.15, 0.2) is 65.6 Å². The van der Waals surface area contributed by atoms with Gasteiger partial charge in [-0.25, -0.2) is 0 Å². The highest BCUT2D eigenvalue weighted by Gasteiger charge is 2.17. The van der Waals surface area contributed by atoms with Gasteiger partial charge in [0, 0.05) is 31.9 Å². The minimum atomic E-state index is -0.582. The summed E-state index contributed by atoms with van der Waals surface area (Å²) in [5.41, 5.74) is 2.51. The number of nitrogens with zero attached hydrogens (tertiary/aromatic N) is 2. The van der Waals surface area contributed by atoms with Crippen molar-refractivity contribution in [3.63, 3.8) is 0 Å². The third kappa shape index (κ3) is 4.63. The van der Waals surface area contributed by atoms with Gasteiger partial charge in [0.1, 0.15) is 11.6 Å². The Morgan fingerprint density at radius 2 is 1.93 bits per heavy atom. The molecule has 0 atom stereocenters. The number of hydrogen-bond donors (Lipinski definition) is 3. The number of aliphatic hydroxyl groups excluding tert-OH is 1. The molecule has 152 valence electrons. The lowest BCUT2D eigenvalue weighted by molar-refractivity contribution is 0.102. The van der Waals surface area contributed by atoms with Crippen molar-refractivity contribution in [3.8, 4) is 17.2 Å². The number of anilines is 1. The number of carbonyl (C=O) groups excluding carboxylic acids is 1. The molecule has 0 spiro atoms. The summed E-state index contributed by atoms with van der Waals surface area (Å²) in [6.07, 6.45) is 1.64. The predicted octanol–water partition coefficient (Wildman–Crippen LogP) is 2.26. The zero-order valence-corrected chi connectivity index (χ0v) is 16.6. The summed E-state index contributed by atoms with van der Waals surface area (Å²) in [7, 11) is 1.57. The van der Waals surface area contributed by atoms with Crippen molar-refractivity contribution in [2.45, 2.75) is 6.54 Å². The van der Waals surface area contributed by atoms with E-state index in [2.05, 4.69) is 16.7 Å². The number of nitrogens with one attached hydrogen (secondary N) is 2. The molecule has 0 aliphatic heterocycles. The van der Waals surface area contributed by atoms with Gasteiger partial charge in [-0.3, -0.25) is 9.59 Å². The Morgan fingerprint density at radius 1 is 1.17 bits per heavy atom. The molecular formula is C23H22N4O3. The third-order valence-corrected chi connectivity index (χ3v) is 4.61. The van der Waals surface area contributed by atoms with Crippen molar-refractivity contribution in [1.29, 1.82) is 5.26 Å². The predicted molar refractivity (Wildman–Crippen MR) is 115 cm³/mol. The first-order valence-corrected chi connectivity index (χ1v) is 9.46. The van der Waals surface area contributed by atoms with Gasteiger partial charge in [0.15, 0.2) is 0 Å². The summed E-state index contributed by atoms with van der Waals surface area (Å²) in [6, 6.07) is 18.3. The van der Waals surface area contributed by atoms with Crippen molar-refractivity contribution < 1.29 is 9.90 Å². The number of pyridine rings is 1. The molecule has 0 radical (unpaired) electrons. The Bertz CT molecular complexity index is 1150. The normalized spacial score (nSPS) is 10.4. The second-order valence-electron chi connectivity index (χ2n) is 6.74. The standard InChI is InChI=1S/C23H22N4O3/c1-27-15-16(14-25-10-11-28)12-19(23(27)30)22(29)26-21-9-5-8-18(20(21)13-24)17-6-3-2-4-7-17/h2-9,12,15,25,28H,10-11,14H2,1H3,(H,26,29). The smallest absolute Gasteiger partial charge is 0.263 e. The lowest BCUT2D eigenvalue weighted by atomic mass is 9.99. The molecule has 1 heterocycles. The number of rotatable bonds is 7. The summed E-state index contributed by atoms with van der Waals surface area (Å²) in [5, 5.41) is 24.3. The SMILES string of the molecule is Cn1cc(CNCCO)cc(C(=O)Nc2cccc(-c3ccccc3)c2C#N)c1=O. The molecule has 0 saturated heterocycles. The quantitative estimate of drug-likeness (QED) is 0.526. The van der Waals surface area contributed by atoms with E-state index in [4.69, 9.17) is 5.11 Å². The van der Waals surface area contributed by atoms with Crippen LogP contribution in [0.5, 0.6) is 0 Å². The van der Waals surface area contributed by atoms with E-state index in [1.165, 1.54) is 10.6 Å². The molecule has 0 aliphatic rings. The highest BCUT2D eigenvalue weighted by molar-refractivity contribution is 6.05. The molecule has 0 saturated carbocycles. The monoisotopic (exact) mass is 402 g/mol. The average Bonchev–Trinajstić information content (AvgIpc) is 2.76. The molecule has 0 aliphatic carbocycles. The van der Waals surface area contributed by atoms with Crippen LogP contribution in [0.3, 0.4) is 0 Å². The van der Waals surface area contributed by atoms with E-state index < -0.39 is 11.5 Å². The fraction of sp³-hybridized carbons (Fsp3) is 0.174. The molecule has 1 amide bonds. The lowest BCUT2D eigenvalue weighted by Crippen LogP contribution is -2.29. The number of amides is 1. The van der Waals surface area contributed by atoms with Gasteiger partial charge in [-0.15, -0.1) is 0 Å². The van der Waals surface area contributed by atoms with Crippen LogP contribution in [0.4, 0.5) is 5.69 Å². The van der Waals surface area contributed by atoms with E-state index in [0.717, 1.165) is 11.1 Å². The Labute approximate surface area is 174 Å². The lowest BCUT2D eigenvalue weighted by Gasteiger charge is -2.12. The third-order valence-electron chi connectivity index (χ3n) is 4.61. The van der Waals surface area contributed by atoms with E-state index >= 15 is 0 Å². The highest BCUT2D eigenvalue weighted by atomic mass is 16.3. The minimum Gasteiger partial charge on any atom is -0.395 e. The Balaban J connectivity index is 1.93. The molecule has 1 aromatic heterocycles. The summed E-state index contributed by atoms with van der Waals surface area (Å²) in [4.78, 5) is 25.4. The highest BCUT2D eigenvalue weighted by Crippen LogP contribution is 2.28. The fourth-order valence-corrected chi connectivity index (χ4v) is 3.18. The molecule has 3 rings (SSSR count). The molecule has 30 heavy (non-hydrogen) atoms. The van der Waals surface area contributed by atoms with Crippen LogP contribution >= 0.6 is 0 Å². The van der Waals surface area contributed by atoms with Gasteiger partial charge in [0.25, 0.3) is 11.5 Å².